The highest BCUT2D eigenvalue weighted by atomic mass is 32.1. The molecule has 0 radical (unpaired) electrons. The third-order valence-electron chi connectivity index (χ3n) is 1.87. The van der Waals surface area contributed by atoms with Crippen molar-refractivity contribution in [3.63, 3.8) is 0 Å². The molecule has 0 heterocycles. The standard InChI is InChI=1S/C9H17N3O3S/c1-6(8(10)16)9(14)12-5-7(13)11-3-4-15-2/h6H,3-5H2,1-2H3,(H2,10,16)(H,11,13)(H,12,14). The number of carbonyl (C=O) groups is 2. The van der Waals surface area contributed by atoms with Gasteiger partial charge in [-0.15, -0.1) is 0 Å². The zero-order valence-electron chi connectivity index (χ0n) is 9.41. The Hall–Kier alpha value is -1.21. The van der Waals surface area contributed by atoms with Crippen LogP contribution in [0.2, 0.25) is 0 Å². The molecular weight excluding hydrogens is 230 g/mol. The molecule has 0 saturated carbocycles. The van der Waals surface area contributed by atoms with Crippen LogP contribution in [0.5, 0.6) is 0 Å². The van der Waals surface area contributed by atoms with Crippen LogP contribution >= 0.6 is 12.2 Å². The van der Waals surface area contributed by atoms with Crippen molar-refractivity contribution in [2.45, 2.75) is 6.92 Å². The quantitative estimate of drug-likeness (QED) is 0.387. The molecule has 0 spiro atoms. The Morgan fingerprint density at radius 1 is 1.44 bits per heavy atom. The zero-order valence-corrected chi connectivity index (χ0v) is 10.2. The molecule has 16 heavy (non-hydrogen) atoms. The first-order valence-electron chi connectivity index (χ1n) is 4.81. The van der Waals surface area contributed by atoms with Gasteiger partial charge in [0.05, 0.1) is 24.1 Å². The first-order valence-corrected chi connectivity index (χ1v) is 5.22. The van der Waals surface area contributed by atoms with Crippen LogP contribution in [0.25, 0.3) is 0 Å². The molecule has 7 heteroatoms. The van der Waals surface area contributed by atoms with E-state index in [2.05, 4.69) is 22.9 Å². The van der Waals surface area contributed by atoms with Crippen LogP contribution in [0.15, 0.2) is 0 Å². The highest BCUT2D eigenvalue weighted by Crippen LogP contribution is 1.93. The maximum absolute atomic E-state index is 11.3. The summed E-state index contributed by atoms with van der Waals surface area (Å²) < 4.78 is 4.75. The van der Waals surface area contributed by atoms with Crippen molar-refractivity contribution in [2.75, 3.05) is 26.8 Å². The fourth-order valence-corrected chi connectivity index (χ4v) is 0.912. The molecular formula is C9H17N3O3S. The molecule has 0 aromatic rings. The summed E-state index contributed by atoms with van der Waals surface area (Å²) in [6.45, 7) is 2.34. The van der Waals surface area contributed by atoms with Crippen LogP contribution in [-0.4, -0.2) is 43.6 Å². The second-order valence-electron chi connectivity index (χ2n) is 3.18. The largest absolute Gasteiger partial charge is 0.393 e. The van der Waals surface area contributed by atoms with Gasteiger partial charge in [0, 0.05) is 13.7 Å². The average molecular weight is 247 g/mol. The topological polar surface area (TPSA) is 93.5 Å². The van der Waals surface area contributed by atoms with Gasteiger partial charge in [0.15, 0.2) is 0 Å². The van der Waals surface area contributed by atoms with Crippen molar-refractivity contribution in [1.82, 2.24) is 10.6 Å². The molecule has 0 bridgehead atoms. The molecule has 6 nitrogen and oxygen atoms in total. The Balaban J connectivity index is 3.75. The van der Waals surface area contributed by atoms with Gasteiger partial charge in [-0.25, -0.2) is 0 Å². The maximum atomic E-state index is 11.3. The van der Waals surface area contributed by atoms with Crippen LogP contribution in [0.1, 0.15) is 6.92 Å². The molecule has 92 valence electrons. The van der Waals surface area contributed by atoms with E-state index < -0.39 is 5.92 Å². The molecule has 1 unspecified atom stereocenters. The van der Waals surface area contributed by atoms with Gasteiger partial charge < -0.3 is 21.1 Å². The van der Waals surface area contributed by atoms with Crippen LogP contribution in [0, 0.1) is 5.92 Å². The lowest BCUT2D eigenvalue weighted by atomic mass is 10.1. The number of methoxy groups -OCH3 is 1. The van der Waals surface area contributed by atoms with E-state index in [1.807, 2.05) is 0 Å². The third-order valence-corrected chi connectivity index (χ3v) is 2.23. The minimum absolute atomic E-state index is 0.0878. The van der Waals surface area contributed by atoms with E-state index in [1.54, 1.807) is 6.92 Å². The summed E-state index contributed by atoms with van der Waals surface area (Å²) in [6.07, 6.45) is 0. The van der Waals surface area contributed by atoms with E-state index in [1.165, 1.54) is 7.11 Å². The first kappa shape index (κ1) is 14.8. The lowest BCUT2D eigenvalue weighted by Gasteiger charge is -2.10. The highest BCUT2D eigenvalue weighted by Gasteiger charge is 2.15. The number of nitrogens with one attached hydrogen (secondary N) is 2. The Bertz CT molecular complexity index is 271. The predicted octanol–water partition coefficient (Wildman–Crippen LogP) is -1.21. The van der Waals surface area contributed by atoms with Crippen molar-refractivity contribution in [1.29, 1.82) is 0 Å². The molecule has 0 fully saturated rings. The van der Waals surface area contributed by atoms with Gasteiger partial charge in [0.25, 0.3) is 0 Å². The van der Waals surface area contributed by atoms with Gasteiger partial charge in [-0.3, -0.25) is 9.59 Å². The maximum Gasteiger partial charge on any atom is 0.239 e. The normalized spacial score (nSPS) is 11.6. The van der Waals surface area contributed by atoms with E-state index in [-0.39, 0.29) is 23.3 Å². The lowest BCUT2D eigenvalue weighted by molar-refractivity contribution is -0.127. The van der Waals surface area contributed by atoms with Gasteiger partial charge in [0.2, 0.25) is 11.8 Å². The summed E-state index contributed by atoms with van der Waals surface area (Å²) in [4.78, 5) is 22.6. The molecule has 1 atom stereocenters. The highest BCUT2D eigenvalue weighted by molar-refractivity contribution is 7.80. The minimum atomic E-state index is -0.568. The smallest absolute Gasteiger partial charge is 0.239 e. The molecule has 0 saturated heterocycles. The van der Waals surface area contributed by atoms with Crippen molar-refractivity contribution < 1.29 is 14.3 Å². The van der Waals surface area contributed by atoms with Crippen molar-refractivity contribution in [2.24, 2.45) is 11.7 Å². The van der Waals surface area contributed by atoms with Gasteiger partial charge in [-0.1, -0.05) is 12.2 Å². The van der Waals surface area contributed by atoms with Crippen molar-refractivity contribution >= 4 is 29.0 Å². The van der Waals surface area contributed by atoms with Crippen LogP contribution in [0.4, 0.5) is 0 Å². The summed E-state index contributed by atoms with van der Waals surface area (Å²) >= 11 is 4.66. The number of hydrogen-bond acceptors (Lipinski definition) is 4. The number of nitrogens with two attached hydrogens (primary N) is 1. The van der Waals surface area contributed by atoms with Gasteiger partial charge in [-0.05, 0) is 6.92 Å². The second kappa shape index (κ2) is 8.00. The molecule has 0 aliphatic heterocycles. The molecule has 0 aliphatic rings. The Morgan fingerprint density at radius 2 is 2.06 bits per heavy atom. The zero-order chi connectivity index (χ0) is 12.6. The van der Waals surface area contributed by atoms with Crippen molar-refractivity contribution in [3.05, 3.63) is 0 Å². The van der Waals surface area contributed by atoms with E-state index in [9.17, 15) is 9.59 Å². The summed E-state index contributed by atoms with van der Waals surface area (Å²) in [7, 11) is 1.54. The Morgan fingerprint density at radius 3 is 2.56 bits per heavy atom. The number of thiocarbonyl (C=S) groups is 1. The molecule has 0 aliphatic carbocycles. The van der Waals surface area contributed by atoms with E-state index in [0.29, 0.717) is 13.2 Å². The summed E-state index contributed by atoms with van der Waals surface area (Å²) in [5.41, 5.74) is 5.30. The number of carbonyl (C=O) groups excluding carboxylic acids is 2. The predicted molar refractivity (Wildman–Crippen MR) is 63.8 cm³/mol. The molecule has 0 aromatic carbocycles. The minimum Gasteiger partial charge on any atom is -0.393 e. The van der Waals surface area contributed by atoms with E-state index in [0.717, 1.165) is 0 Å². The fraction of sp³-hybridized carbons (Fsp3) is 0.667. The second-order valence-corrected chi connectivity index (χ2v) is 3.66. The number of rotatable bonds is 7. The van der Waals surface area contributed by atoms with E-state index >= 15 is 0 Å². The summed E-state index contributed by atoms with van der Waals surface area (Å²) in [5.74, 6) is -1.20. The fourth-order valence-electron chi connectivity index (χ4n) is 0.805. The number of amides is 2. The van der Waals surface area contributed by atoms with Crippen molar-refractivity contribution in [3.8, 4) is 0 Å². The molecule has 2 amide bonds. The Kier molecular flexibility index (Phi) is 7.40. The third kappa shape index (κ3) is 6.31. The Labute approximate surface area is 99.9 Å². The SMILES string of the molecule is COCCNC(=O)CNC(=O)C(C)C(N)=S. The van der Waals surface area contributed by atoms with Gasteiger partial charge >= 0.3 is 0 Å². The molecule has 0 rings (SSSR count). The van der Waals surface area contributed by atoms with E-state index in [4.69, 9.17) is 10.5 Å². The number of ether oxygens (including phenoxy) is 1. The summed E-state index contributed by atoms with van der Waals surface area (Å²) in [5, 5.41) is 5.00. The lowest BCUT2D eigenvalue weighted by Crippen LogP contribution is -2.42. The number of hydrogen-bond donors (Lipinski definition) is 3. The first-order chi connectivity index (χ1) is 7.49. The average Bonchev–Trinajstić information content (AvgIpc) is 2.25. The van der Waals surface area contributed by atoms with Crippen LogP contribution < -0.4 is 16.4 Å². The van der Waals surface area contributed by atoms with Crippen LogP contribution in [-0.2, 0) is 14.3 Å². The summed E-state index contributed by atoms with van der Waals surface area (Å²) in [6, 6.07) is 0. The monoisotopic (exact) mass is 247 g/mol. The van der Waals surface area contributed by atoms with Crippen LogP contribution in [0.3, 0.4) is 0 Å². The molecule has 0 aromatic heterocycles. The molecule has 4 N–H and O–H groups in total. The van der Waals surface area contributed by atoms with Gasteiger partial charge in [0.1, 0.15) is 0 Å². The van der Waals surface area contributed by atoms with Gasteiger partial charge in [-0.2, -0.15) is 0 Å².